The molecule has 0 saturated carbocycles. The highest BCUT2D eigenvalue weighted by molar-refractivity contribution is 5.93. The molecule has 5 rings (SSSR count). The van der Waals surface area contributed by atoms with E-state index in [4.69, 9.17) is 0 Å². The summed E-state index contributed by atoms with van der Waals surface area (Å²) in [6, 6.07) is 4.39. The highest BCUT2D eigenvalue weighted by atomic mass is 19.1. The van der Waals surface area contributed by atoms with E-state index >= 15 is 4.39 Å². The Kier molecular flexibility index (Phi) is 4.70. The number of aryl methyl sites for hydroxylation is 1. The molecule has 0 amide bonds. The Bertz CT molecular complexity index is 1400. The van der Waals surface area contributed by atoms with Crippen molar-refractivity contribution in [3.63, 3.8) is 0 Å². The molecule has 1 aliphatic heterocycles. The average Bonchev–Trinajstić information content (AvgIpc) is 3.15. The second-order valence-corrected chi connectivity index (χ2v) is 8.05. The van der Waals surface area contributed by atoms with E-state index in [9.17, 15) is 9.18 Å². The SMILES string of the molecule is C=Cc1cn(C2CCNCC2)c(=O)c2c(F)cc(-c3cc(F)c4nc(C)cn4c3)cc12. The second kappa shape index (κ2) is 7.42. The van der Waals surface area contributed by atoms with Crippen LogP contribution in [-0.4, -0.2) is 27.0 Å². The van der Waals surface area contributed by atoms with Crippen LogP contribution in [0.3, 0.4) is 0 Å². The number of piperidine rings is 1. The van der Waals surface area contributed by atoms with Crippen LogP contribution in [0.25, 0.3) is 33.6 Å². The van der Waals surface area contributed by atoms with Gasteiger partial charge < -0.3 is 14.3 Å². The monoisotopic (exact) mass is 420 g/mol. The number of pyridine rings is 2. The highest BCUT2D eigenvalue weighted by Crippen LogP contribution is 2.30. The van der Waals surface area contributed by atoms with Gasteiger partial charge in [-0.1, -0.05) is 12.7 Å². The maximum absolute atomic E-state index is 15.3. The van der Waals surface area contributed by atoms with Gasteiger partial charge in [0.15, 0.2) is 11.5 Å². The van der Waals surface area contributed by atoms with Crippen molar-refractivity contribution in [3.05, 3.63) is 76.6 Å². The largest absolute Gasteiger partial charge is 0.317 e. The van der Waals surface area contributed by atoms with Gasteiger partial charge in [-0.15, -0.1) is 0 Å². The van der Waals surface area contributed by atoms with Crippen LogP contribution < -0.4 is 10.9 Å². The van der Waals surface area contributed by atoms with Crippen LogP contribution in [0.4, 0.5) is 8.78 Å². The van der Waals surface area contributed by atoms with Crippen molar-refractivity contribution < 1.29 is 8.78 Å². The first kappa shape index (κ1) is 19.6. The fourth-order valence-corrected chi connectivity index (χ4v) is 4.48. The summed E-state index contributed by atoms with van der Waals surface area (Å²) >= 11 is 0. The summed E-state index contributed by atoms with van der Waals surface area (Å²) in [6.07, 6.45) is 8.44. The zero-order valence-electron chi connectivity index (χ0n) is 17.2. The number of aromatic nitrogens is 3. The quantitative estimate of drug-likeness (QED) is 0.532. The summed E-state index contributed by atoms with van der Waals surface area (Å²) in [5.74, 6) is -1.11. The highest BCUT2D eigenvalue weighted by Gasteiger charge is 2.21. The third kappa shape index (κ3) is 3.25. The Labute approximate surface area is 177 Å². The van der Waals surface area contributed by atoms with E-state index in [0.29, 0.717) is 27.8 Å². The van der Waals surface area contributed by atoms with E-state index in [0.717, 1.165) is 25.9 Å². The molecule has 0 atom stereocenters. The van der Waals surface area contributed by atoms with Gasteiger partial charge in [-0.05, 0) is 67.6 Å². The minimum Gasteiger partial charge on any atom is -0.317 e. The lowest BCUT2D eigenvalue weighted by Gasteiger charge is -2.25. The maximum Gasteiger partial charge on any atom is 0.261 e. The maximum atomic E-state index is 15.3. The van der Waals surface area contributed by atoms with E-state index in [-0.39, 0.29) is 22.6 Å². The predicted molar refractivity (Wildman–Crippen MR) is 118 cm³/mol. The van der Waals surface area contributed by atoms with Gasteiger partial charge >= 0.3 is 0 Å². The molecule has 0 bridgehead atoms. The fourth-order valence-electron chi connectivity index (χ4n) is 4.48. The minimum absolute atomic E-state index is 0.0249. The molecule has 0 radical (unpaired) electrons. The molecule has 7 heteroatoms. The molecular weight excluding hydrogens is 398 g/mol. The van der Waals surface area contributed by atoms with Crippen LogP contribution in [0.1, 0.15) is 30.1 Å². The summed E-state index contributed by atoms with van der Waals surface area (Å²) in [7, 11) is 0. The van der Waals surface area contributed by atoms with Crippen LogP contribution in [0.15, 0.2) is 48.2 Å². The predicted octanol–water partition coefficient (Wildman–Crippen LogP) is 4.47. The molecule has 4 heterocycles. The Morgan fingerprint density at radius 1 is 1.10 bits per heavy atom. The number of imidazole rings is 1. The van der Waals surface area contributed by atoms with Crippen LogP contribution in [-0.2, 0) is 0 Å². The zero-order chi connectivity index (χ0) is 21.7. The van der Waals surface area contributed by atoms with Crippen molar-refractivity contribution in [2.24, 2.45) is 0 Å². The number of hydrogen-bond donors (Lipinski definition) is 1. The molecule has 1 fully saturated rings. The summed E-state index contributed by atoms with van der Waals surface area (Å²) < 4.78 is 33.1. The first-order valence-electron chi connectivity index (χ1n) is 10.3. The molecule has 31 heavy (non-hydrogen) atoms. The van der Waals surface area contributed by atoms with Crippen molar-refractivity contribution in [3.8, 4) is 11.1 Å². The normalized spacial score (nSPS) is 15.1. The molecule has 4 aromatic rings. The molecule has 5 nitrogen and oxygen atoms in total. The lowest BCUT2D eigenvalue weighted by molar-refractivity contribution is 0.361. The van der Waals surface area contributed by atoms with Gasteiger partial charge in [0, 0.05) is 30.2 Å². The molecule has 0 spiro atoms. The van der Waals surface area contributed by atoms with E-state index in [2.05, 4.69) is 16.9 Å². The van der Waals surface area contributed by atoms with E-state index in [1.54, 1.807) is 46.6 Å². The number of nitrogens with zero attached hydrogens (tertiary/aromatic N) is 3. The van der Waals surface area contributed by atoms with Gasteiger partial charge in [-0.2, -0.15) is 0 Å². The Hall–Kier alpha value is -3.32. The lowest BCUT2D eigenvalue weighted by Crippen LogP contribution is -2.34. The Morgan fingerprint density at radius 3 is 2.58 bits per heavy atom. The molecule has 0 aliphatic carbocycles. The second-order valence-electron chi connectivity index (χ2n) is 8.05. The fraction of sp³-hybridized carbons (Fsp3) is 0.250. The van der Waals surface area contributed by atoms with Gasteiger partial charge in [-0.25, -0.2) is 13.8 Å². The van der Waals surface area contributed by atoms with Crippen LogP contribution >= 0.6 is 0 Å². The van der Waals surface area contributed by atoms with Crippen molar-refractivity contribution in [1.29, 1.82) is 0 Å². The number of benzene rings is 1. The third-order valence-corrected chi connectivity index (χ3v) is 6.01. The number of fused-ring (bicyclic) bond motifs is 2. The van der Waals surface area contributed by atoms with Crippen LogP contribution in [0, 0.1) is 18.6 Å². The molecular formula is C24H22F2N4O. The minimum atomic E-state index is -0.619. The van der Waals surface area contributed by atoms with Crippen LogP contribution in [0.2, 0.25) is 0 Å². The Morgan fingerprint density at radius 2 is 1.84 bits per heavy atom. The first-order valence-corrected chi connectivity index (χ1v) is 10.3. The van der Waals surface area contributed by atoms with E-state index in [1.807, 2.05) is 0 Å². The van der Waals surface area contributed by atoms with Crippen molar-refractivity contribution in [1.82, 2.24) is 19.3 Å². The molecule has 1 aliphatic rings. The summed E-state index contributed by atoms with van der Waals surface area (Å²) in [4.78, 5) is 17.4. The number of nitrogens with one attached hydrogen (secondary N) is 1. The number of halogens is 2. The van der Waals surface area contributed by atoms with Crippen molar-refractivity contribution >= 4 is 22.5 Å². The topological polar surface area (TPSA) is 51.3 Å². The van der Waals surface area contributed by atoms with Crippen LogP contribution in [0.5, 0.6) is 0 Å². The molecule has 1 saturated heterocycles. The standard InChI is InChI=1S/C24H22F2N4O/c1-3-15-13-30(18-4-6-27-7-5-18)24(31)22-19(15)8-16(9-20(22)25)17-10-21(26)23-28-14(2)11-29(23)12-17/h3,8-13,18,27H,1,4-7H2,2H3. The smallest absolute Gasteiger partial charge is 0.261 e. The van der Waals surface area contributed by atoms with Gasteiger partial charge in [0.2, 0.25) is 0 Å². The third-order valence-electron chi connectivity index (χ3n) is 6.01. The van der Waals surface area contributed by atoms with Gasteiger partial charge in [0.1, 0.15) is 5.82 Å². The number of hydrogen-bond acceptors (Lipinski definition) is 3. The average molecular weight is 420 g/mol. The molecule has 1 aromatic carbocycles. The molecule has 0 unspecified atom stereocenters. The first-order chi connectivity index (χ1) is 15.0. The molecule has 3 aromatic heterocycles. The zero-order valence-corrected chi connectivity index (χ0v) is 17.2. The van der Waals surface area contributed by atoms with E-state index in [1.165, 1.54) is 12.1 Å². The van der Waals surface area contributed by atoms with Crippen molar-refractivity contribution in [2.45, 2.75) is 25.8 Å². The summed E-state index contributed by atoms with van der Waals surface area (Å²) in [5, 5.41) is 3.79. The Balaban J connectivity index is 1.72. The molecule has 158 valence electrons. The molecule has 1 N–H and O–H groups in total. The van der Waals surface area contributed by atoms with Gasteiger partial charge in [0.25, 0.3) is 5.56 Å². The summed E-state index contributed by atoms with van der Waals surface area (Å²) in [5.41, 5.74) is 2.23. The van der Waals surface area contributed by atoms with Gasteiger partial charge in [-0.3, -0.25) is 4.79 Å². The van der Waals surface area contributed by atoms with Gasteiger partial charge in [0.05, 0.1) is 11.1 Å². The van der Waals surface area contributed by atoms with E-state index < -0.39 is 11.6 Å². The summed E-state index contributed by atoms with van der Waals surface area (Å²) in [6.45, 7) is 7.29. The number of rotatable bonds is 3. The van der Waals surface area contributed by atoms with Crippen molar-refractivity contribution in [2.75, 3.05) is 13.1 Å². The lowest BCUT2D eigenvalue weighted by atomic mass is 9.98.